The van der Waals surface area contributed by atoms with Crippen LogP contribution >= 0.6 is 0 Å². The number of esters is 1. The first kappa shape index (κ1) is 24.3. The molecule has 0 saturated carbocycles. The molecule has 2 atom stereocenters. The summed E-state index contributed by atoms with van der Waals surface area (Å²) in [6, 6.07) is 17.4. The van der Waals surface area contributed by atoms with Crippen LogP contribution < -0.4 is 19.5 Å². The number of rotatable bonds is 8. The highest BCUT2D eigenvalue weighted by atomic mass is 19.1. The molecule has 0 bridgehead atoms. The maximum Gasteiger partial charge on any atom is 0.341 e. The molecule has 0 fully saturated rings. The topological polar surface area (TPSA) is 95.5 Å². The number of fused-ring (bicyclic) bond motifs is 1. The molecule has 0 aliphatic carbocycles. The lowest BCUT2D eigenvalue weighted by Gasteiger charge is -2.31. The average Bonchev–Trinajstić information content (AvgIpc) is 3.38. The van der Waals surface area contributed by atoms with Gasteiger partial charge in [-0.15, -0.1) is 0 Å². The van der Waals surface area contributed by atoms with Gasteiger partial charge in [0.1, 0.15) is 24.1 Å². The Morgan fingerprint density at radius 2 is 1.86 bits per heavy atom. The van der Waals surface area contributed by atoms with Gasteiger partial charge in [0.25, 0.3) is 0 Å². The van der Waals surface area contributed by atoms with Gasteiger partial charge >= 0.3 is 12.0 Å². The van der Waals surface area contributed by atoms with Gasteiger partial charge < -0.3 is 24.3 Å². The van der Waals surface area contributed by atoms with Gasteiger partial charge in [0.2, 0.25) is 6.79 Å². The molecule has 0 saturated heterocycles. The smallest absolute Gasteiger partial charge is 0.341 e. The van der Waals surface area contributed by atoms with Gasteiger partial charge in [-0.3, -0.25) is 4.79 Å². The van der Waals surface area contributed by atoms with Crippen LogP contribution in [0.15, 0.2) is 71.7 Å². The number of aliphatic imine (C=N–C) groups is 1. The predicted octanol–water partition coefficient (Wildman–Crippen LogP) is 4.76. The second kappa shape index (κ2) is 10.7. The molecule has 9 heteroatoms. The van der Waals surface area contributed by atoms with E-state index in [9.17, 15) is 14.0 Å². The number of nitrogens with zero attached hydrogens (tertiary/aromatic N) is 1. The van der Waals surface area contributed by atoms with E-state index < -0.39 is 29.8 Å². The molecule has 0 aromatic heterocycles. The maximum atomic E-state index is 13.6. The minimum absolute atomic E-state index is 0.110. The van der Waals surface area contributed by atoms with Crippen LogP contribution in [0, 0.1) is 11.7 Å². The molecule has 3 aromatic rings. The quantitative estimate of drug-likeness (QED) is 0.445. The third-order valence-corrected chi connectivity index (χ3v) is 6.30. The molecule has 2 aliphatic heterocycles. The summed E-state index contributed by atoms with van der Waals surface area (Å²) >= 11 is 0. The van der Waals surface area contributed by atoms with Crippen LogP contribution in [0.25, 0.3) is 0 Å². The minimum Gasteiger partial charge on any atom is -0.497 e. The van der Waals surface area contributed by atoms with Crippen molar-refractivity contribution in [2.24, 2.45) is 10.9 Å². The lowest BCUT2D eigenvalue weighted by Crippen LogP contribution is -2.45. The molecule has 2 unspecified atom stereocenters. The van der Waals surface area contributed by atoms with Crippen molar-refractivity contribution in [3.05, 3.63) is 89.2 Å². The van der Waals surface area contributed by atoms with Crippen LogP contribution in [0.4, 0.5) is 9.18 Å². The molecule has 37 heavy (non-hydrogen) atoms. The first-order chi connectivity index (χ1) is 18.0. The van der Waals surface area contributed by atoms with E-state index in [4.69, 9.17) is 18.9 Å². The molecular weight excluding hydrogens is 479 g/mol. The minimum atomic E-state index is -0.882. The Hall–Kier alpha value is -4.40. The average molecular weight is 505 g/mol. The molecule has 0 spiro atoms. The van der Waals surface area contributed by atoms with Crippen LogP contribution in [0.3, 0.4) is 0 Å². The predicted molar refractivity (Wildman–Crippen MR) is 132 cm³/mol. The summed E-state index contributed by atoms with van der Waals surface area (Å²) in [6.45, 7) is 0.0639. The lowest BCUT2D eigenvalue weighted by molar-refractivity contribution is -0.148. The van der Waals surface area contributed by atoms with Crippen molar-refractivity contribution in [3.8, 4) is 17.2 Å². The summed E-state index contributed by atoms with van der Waals surface area (Å²) in [5, 5.41) is 2.81. The van der Waals surface area contributed by atoms with Crippen molar-refractivity contribution in [2.45, 2.75) is 25.5 Å². The highest BCUT2D eigenvalue weighted by molar-refractivity contribution is 6.09. The lowest BCUT2D eigenvalue weighted by atomic mass is 9.85. The SMILES string of the molecule is COc1cccc(C2NC(=O)N=C(CCc3ccc4c(c3)OCO4)C2C(=O)OCc2cccc(F)c2)c1. The fourth-order valence-electron chi connectivity index (χ4n) is 4.48. The Labute approximate surface area is 213 Å². The highest BCUT2D eigenvalue weighted by Crippen LogP contribution is 2.34. The number of carbonyl (C=O) groups is 2. The largest absolute Gasteiger partial charge is 0.497 e. The number of urea groups is 1. The van der Waals surface area contributed by atoms with E-state index >= 15 is 0 Å². The third-order valence-electron chi connectivity index (χ3n) is 6.30. The van der Waals surface area contributed by atoms with Crippen molar-refractivity contribution in [1.29, 1.82) is 0 Å². The Bertz CT molecular complexity index is 1360. The second-order valence-corrected chi connectivity index (χ2v) is 8.71. The number of carbonyl (C=O) groups excluding carboxylic acids is 2. The molecule has 2 aliphatic rings. The van der Waals surface area contributed by atoms with E-state index in [1.54, 1.807) is 43.5 Å². The van der Waals surface area contributed by atoms with E-state index in [2.05, 4.69) is 10.3 Å². The Balaban J connectivity index is 1.41. The van der Waals surface area contributed by atoms with Crippen LogP contribution in [0.2, 0.25) is 0 Å². The van der Waals surface area contributed by atoms with E-state index in [1.165, 1.54) is 12.1 Å². The zero-order valence-corrected chi connectivity index (χ0v) is 20.1. The molecule has 8 nitrogen and oxygen atoms in total. The second-order valence-electron chi connectivity index (χ2n) is 8.71. The molecule has 2 heterocycles. The first-order valence-electron chi connectivity index (χ1n) is 11.8. The summed E-state index contributed by atoms with van der Waals surface area (Å²) in [7, 11) is 1.54. The molecule has 0 radical (unpaired) electrons. The number of methoxy groups -OCH3 is 1. The van der Waals surface area contributed by atoms with Crippen molar-refractivity contribution >= 4 is 17.7 Å². The summed E-state index contributed by atoms with van der Waals surface area (Å²) in [5.74, 6) is 0.0480. The number of hydrogen-bond donors (Lipinski definition) is 1. The number of ether oxygens (including phenoxy) is 4. The van der Waals surface area contributed by atoms with Gasteiger partial charge in [-0.05, 0) is 65.9 Å². The zero-order valence-electron chi connectivity index (χ0n) is 20.1. The molecular formula is C28H25FN2O6. The van der Waals surface area contributed by atoms with Gasteiger partial charge in [-0.1, -0.05) is 30.3 Å². The zero-order chi connectivity index (χ0) is 25.8. The fourth-order valence-corrected chi connectivity index (χ4v) is 4.48. The van der Waals surface area contributed by atoms with Crippen molar-refractivity contribution in [2.75, 3.05) is 13.9 Å². The van der Waals surface area contributed by atoms with Gasteiger partial charge in [-0.2, -0.15) is 0 Å². The number of nitrogens with one attached hydrogen (secondary N) is 1. The number of aryl methyl sites for hydroxylation is 1. The number of halogens is 1. The van der Waals surface area contributed by atoms with Crippen molar-refractivity contribution in [1.82, 2.24) is 5.32 Å². The summed E-state index contributed by atoms with van der Waals surface area (Å²) in [4.78, 5) is 30.2. The molecule has 5 rings (SSSR count). The van der Waals surface area contributed by atoms with Crippen LogP contribution in [0.5, 0.6) is 17.2 Å². The van der Waals surface area contributed by atoms with Crippen LogP contribution in [-0.4, -0.2) is 31.6 Å². The van der Waals surface area contributed by atoms with Gasteiger partial charge in [0.05, 0.1) is 13.2 Å². The highest BCUT2D eigenvalue weighted by Gasteiger charge is 2.39. The van der Waals surface area contributed by atoms with Crippen molar-refractivity contribution < 1.29 is 32.9 Å². The van der Waals surface area contributed by atoms with Crippen molar-refractivity contribution in [3.63, 3.8) is 0 Å². The van der Waals surface area contributed by atoms with E-state index in [0.29, 0.717) is 46.9 Å². The Morgan fingerprint density at radius 1 is 1.03 bits per heavy atom. The summed E-state index contributed by atoms with van der Waals surface area (Å²) in [5.41, 5.74) is 2.54. The molecule has 1 N–H and O–H groups in total. The number of hydrogen-bond acceptors (Lipinski definition) is 6. The van der Waals surface area contributed by atoms with Crippen LogP contribution in [-0.2, 0) is 22.6 Å². The maximum absolute atomic E-state index is 13.6. The van der Waals surface area contributed by atoms with E-state index in [0.717, 1.165) is 5.56 Å². The Morgan fingerprint density at radius 3 is 2.70 bits per heavy atom. The molecule has 190 valence electrons. The first-order valence-corrected chi connectivity index (χ1v) is 11.8. The van der Waals surface area contributed by atoms with Gasteiger partial charge in [-0.25, -0.2) is 14.2 Å². The molecule has 2 amide bonds. The van der Waals surface area contributed by atoms with Gasteiger partial charge in [0.15, 0.2) is 11.5 Å². The monoisotopic (exact) mass is 504 g/mol. The van der Waals surface area contributed by atoms with Gasteiger partial charge in [0, 0.05) is 5.71 Å². The number of amides is 2. The Kier molecular flexibility index (Phi) is 7.02. The summed E-state index contributed by atoms with van der Waals surface area (Å²) in [6.07, 6.45) is 0.856. The van der Waals surface area contributed by atoms with Crippen LogP contribution in [0.1, 0.15) is 29.2 Å². The standard InChI is InChI=1S/C28H25FN2O6/c1-34-21-7-3-5-19(14-21)26-25(27(32)35-15-18-4-2-6-20(29)12-18)22(30-28(33)31-26)10-8-17-9-11-23-24(13-17)37-16-36-23/h2-7,9,11-14,25-26H,8,10,15-16H2,1H3,(H,31,33). The molecule has 3 aromatic carbocycles. The number of benzene rings is 3. The van der Waals surface area contributed by atoms with E-state index in [-0.39, 0.29) is 13.4 Å². The fraction of sp³-hybridized carbons (Fsp3) is 0.250. The summed E-state index contributed by atoms with van der Waals surface area (Å²) < 4.78 is 35.4. The normalized spacial score (nSPS) is 18.1. The van der Waals surface area contributed by atoms with E-state index in [1.807, 2.05) is 18.2 Å². The third kappa shape index (κ3) is 5.55.